The van der Waals surface area contributed by atoms with Gasteiger partial charge in [-0.05, 0) is 47.9 Å². The van der Waals surface area contributed by atoms with E-state index in [4.69, 9.17) is 5.11 Å². The van der Waals surface area contributed by atoms with E-state index < -0.39 is 0 Å². The molecule has 0 unspecified atom stereocenters. The van der Waals surface area contributed by atoms with Crippen LogP contribution in [-0.2, 0) is 13.2 Å². The minimum Gasteiger partial charge on any atom is -0.392 e. The number of para-hydroxylation sites is 1. The maximum absolute atomic E-state index is 12.5. The molecule has 0 saturated heterocycles. The van der Waals surface area contributed by atoms with Crippen LogP contribution in [0.25, 0.3) is 0 Å². The van der Waals surface area contributed by atoms with Gasteiger partial charge in [0.2, 0.25) is 0 Å². The van der Waals surface area contributed by atoms with E-state index in [0.29, 0.717) is 12.1 Å². The SMILES string of the molecule is Cc1ccc(C(=O)Nc2ccccc2)cc1NCc1ccc(CO)cc1. The van der Waals surface area contributed by atoms with Gasteiger partial charge in [-0.2, -0.15) is 0 Å². The van der Waals surface area contributed by atoms with Gasteiger partial charge < -0.3 is 15.7 Å². The standard InChI is InChI=1S/C22H22N2O2/c1-16-7-12-19(22(26)24-20-5-3-2-4-6-20)13-21(16)23-14-17-8-10-18(15-25)11-9-17/h2-13,23,25H,14-15H2,1H3,(H,24,26). The molecule has 0 saturated carbocycles. The largest absolute Gasteiger partial charge is 0.392 e. The Morgan fingerprint density at radius 2 is 1.62 bits per heavy atom. The summed E-state index contributed by atoms with van der Waals surface area (Å²) in [4.78, 5) is 12.5. The molecule has 0 aliphatic rings. The maximum atomic E-state index is 12.5. The number of anilines is 2. The zero-order valence-corrected chi connectivity index (χ0v) is 14.7. The Bertz CT molecular complexity index is 874. The Kier molecular flexibility index (Phi) is 5.66. The van der Waals surface area contributed by atoms with Crippen LogP contribution >= 0.6 is 0 Å². The molecule has 0 aliphatic carbocycles. The summed E-state index contributed by atoms with van der Waals surface area (Å²) in [6.45, 7) is 2.71. The number of amides is 1. The lowest BCUT2D eigenvalue weighted by molar-refractivity contribution is 0.102. The summed E-state index contributed by atoms with van der Waals surface area (Å²) in [6.07, 6.45) is 0. The van der Waals surface area contributed by atoms with E-state index in [9.17, 15) is 4.79 Å². The van der Waals surface area contributed by atoms with Gasteiger partial charge >= 0.3 is 0 Å². The van der Waals surface area contributed by atoms with Crippen LogP contribution in [0.5, 0.6) is 0 Å². The highest BCUT2D eigenvalue weighted by atomic mass is 16.3. The number of aliphatic hydroxyl groups is 1. The van der Waals surface area contributed by atoms with E-state index in [0.717, 1.165) is 28.1 Å². The van der Waals surface area contributed by atoms with Crippen LogP contribution in [0.2, 0.25) is 0 Å². The lowest BCUT2D eigenvalue weighted by Crippen LogP contribution is -2.12. The molecule has 3 N–H and O–H groups in total. The zero-order valence-electron chi connectivity index (χ0n) is 14.7. The molecule has 3 rings (SSSR count). The van der Waals surface area contributed by atoms with Crippen LogP contribution < -0.4 is 10.6 Å². The lowest BCUT2D eigenvalue weighted by atomic mass is 10.1. The second-order valence-electron chi connectivity index (χ2n) is 6.18. The molecule has 1 amide bonds. The summed E-state index contributed by atoms with van der Waals surface area (Å²) in [5, 5.41) is 15.4. The van der Waals surface area contributed by atoms with Gasteiger partial charge in [-0.15, -0.1) is 0 Å². The van der Waals surface area contributed by atoms with Crippen LogP contribution in [0.1, 0.15) is 27.0 Å². The number of hydrogen-bond acceptors (Lipinski definition) is 3. The van der Waals surface area contributed by atoms with E-state index in [1.807, 2.05) is 79.7 Å². The van der Waals surface area contributed by atoms with Gasteiger partial charge in [0.05, 0.1) is 6.61 Å². The van der Waals surface area contributed by atoms with Crippen LogP contribution in [-0.4, -0.2) is 11.0 Å². The van der Waals surface area contributed by atoms with E-state index in [-0.39, 0.29) is 12.5 Å². The topological polar surface area (TPSA) is 61.4 Å². The normalized spacial score (nSPS) is 10.4. The average molecular weight is 346 g/mol. The van der Waals surface area contributed by atoms with Crippen molar-refractivity contribution in [1.29, 1.82) is 0 Å². The van der Waals surface area contributed by atoms with Gasteiger partial charge in [-0.25, -0.2) is 0 Å². The van der Waals surface area contributed by atoms with E-state index >= 15 is 0 Å². The van der Waals surface area contributed by atoms with Crippen molar-refractivity contribution in [3.05, 3.63) is 95.1 Å². The molecule has 3 aromatic carbocycles. The van der Waals surface area contributed by atoms with E-state index in [2.05, 4.69) is 10.6 Å². The second kappa shape index (κ2) is 8.32. The number of carbonyl (C=O) groups excluding carboxylic acids is 1. The molecule has 4 heteroatoms. The zero-order chi connectivity index (χ0) is 18.4. The Labute approximate surface area is 153 Å². The Morgan fingerprint density at radius 1 is 0.923 bits per heavy atom. The van der Waals surface area contributed by atoms with Crippen molar-refractivity contribution in [2.45, 2.75) is 20.1 Å². The number of rotatable bonds is 6. The summed E-state index contributed by atoms with van der Waals surface area (Å²) in [5.74, 6) is -0.133. The van der Waals surface area contributed by atoms with Crippen molar-refractivity contribution in [2.24, 2.45) is 0 Å². The molecule has 0 atom stereocenters. The van der Waals surface area contributed by atoms with Gasteiger partial charge in [0.15, 0.2) is 0 Å². The van der Waals surface area contributed by atoms with Crippen molar-refractivity contribution in [3.8, 4) is 0 Å². The van der Waals surface area contributed by atoms with Gasteiger partial charge in [-0.1, -0.05) is 48.5 Å². The van der Waals surface area contributed by atoms with Crippen LogP contribution in [0, 0.1) is 6.92 Å². The number of benzene rings is 3. The quantitative estimate of drug-likeness (QED) is 0.622. The molecule has 132 valence electrons. The molecular formula is C22H22N2O2. The number of nitrogens with one attached hydrogen (secondary N) is 2. The highest BCUT2D eigenvalue weighted by Gasteiger charge is 2.08. The number of carbonyl (C=O) groups is 1. The van der Waals surface area contributed by atoms with Crippen molar-refractivity contribution in [2.75, 3.05) is 10.6 Å². The lowest BCUT2D eigenvalue weighted by Gasteiger charge is -2.12. The molecule has 4 nitrogen and oxygen atoms in total. The van der Waals surface area contributed by atoms with Gasteiger partial charge in [0.25, 0.3) is 5.91 Å². The minimum atomic E-state index is -0.133. The van der Waals surface area contributed by atoms with Crippen molar-refractivity contribution < 1.29 is 9.90 Å². The Balaban J connectivity index is 1.69. The highest BCUT2D eigenvalue weighted by molar-refractivity contribution is 6.04. The van der Waals surface area contributed by atoms with Crippen LogP contribution in [0.15, 0.2) is 72.8 Å². The summed E-state index contributed by atoms with van der Waals surface area (Å²) in [7, 11) is 0. The third-order valence-electron chi connectivity index (χ3n) is 4.22. The molecule has 0 aliphatic heterocycles. The predicted molar refractivity (Wildman–Crippen MR) is 105 cm³/mol. The smallest absolute Gasteiger partial charge is 0.255 e. The third kappa shape index (κ3) is 4.49. The maximum Gasteiger partial charge on any atom is 0.255 e. The first-order valence-corrected chi connectivity index (χ1v) is 8.55. The Hall–Kier alpha value is -3.11. The van der Waals surface area contributed by atoms with Crippen molar-refractivity contribution >= 4 is 17.3 Å². The molecule has 26 heavy (non-hydrogen) atoms. The average Bonchev–Trinajstić information content (AvgIpc) is 2.68. The first kappa shape index (κ1) is 17.7. The summed E-state index contributed by atoms with van der Waals surface area (Å²) >= 11 is 0. The molecular weight excluding hydrogens is 324 g/mol. The second-order valence-corrected chi connectivity index (χ2v) is 6.18. The molecule has 0 aromatic heterocycles. The van der Waals surface area contributed by atoms with Gasteiger partial charge in [0.1, 0.15) is 0 Å². The molecule has 0 bridgehead atoms. The minimum absolute atomic E-state index is 0.0470. The molecule has 0 fully saturated rings. The summed E-state index contributed by atoms with van der Waals surface area (Å²) in [6, 6.07) is 22.8. The molecule has 3 aromatic rings. The predicted octanol–water partition coefficient (Wildman–Crippen LogP) is 4.35. The summed E-state index contributed by atoms with van der Waals surface area (Å²) in [5.41, 5.74) is 5.39. The number of aryl methyl sites for hydroxylation is 1. The fourth-order valence-corrected chi connectivity index (χ4v) is 2.64. The molecule has 0 heterocycles. The van der Waals surface area contributed by atoms with Crippen LogP contribution in [0.4, 0.5) is 11.4 Å². The highest BCUT2D eigenvalue weighted by Crippen LogP contribution is 2.19. The van der Waals surface area contributed by atoms with Gasteiger partial charge in [0, 0.05) is 23.5 Å². The fraction of sp³-hybridized carbons (Fsp3) is 0.136. The number of hydrogen-bond donors (Lipinski definition) is 3. The first-order valence-electron chi connectivity index (χ1n) is 8.55. The number of aliphatic hydroxyl groups excluding tert-OH is 1. The van der Waals surface area contributed by atoms with E-state index in [1.165, 1.54) is 0 Å². The van der Waals surface area contributed by atoms with Crippen LogP contribution in [0.3, 0.4) is 0 Å². The van der Waals surface area contributed by atoms with Crippen molar-refractivity contribution in [3.63, 3.8) is 0 Å². The molecule has 0 spiro atoms. The third-order valence-corrected chi connectivity index (χ3v) is 4.22. The monoisotopic (exact) mass is 346 g/mol. The molecule has 0 radical (unpaired) electrons. The van der Waals surface area contributed by atoms with E-state index in [1.54, 1.807) is 0 Å². The Morgan fingerprint density at radius 3 is 2.31 bits per heavy atom. The summed E-state index contributed by atoms with van der Waals surface area (Å²) < 4.78 is 0. The van der Waals surface area contributed by atoms with Gasteiger partial charge in [-0.3, -0.25) is 4.79 Å². The fourth-order valence-electron chi connectivity index (χ4n) is 2.64. The van der Waals surface area contributed by atoms with Crippen molar-refractivity contribution in [1.82, 2.24) is 0 Å². The first-order chi connectivity index (χ1) is 12.7.